The number of nitrogens with one attached hydrogen (secondary N) is 2. The lowest BCUT2D eigenvalue weighted by Gasteiger charge is -2.04. The topological polar surface area (TPSA) is 54.1 Å². The highest BCUT2D eigenvalue weighted by Gasteiger charge is 2.17. The number of amides is 1. The molecule has 26 heavy (non-hydrogen) atoms. The smallest absolute Gasteiger partial charge is 0.262 e. The van der Waals surface area contributed by atoms with E-state index in [0.717, 1.165) is 27.8 Å². The van der Waals surface area contributed by atoms with Gasteiger partial charge in [-0.05, 0) is 36.2 Å². The number of para-hydroxylation sites is 1. The van der Waals surface area contributed by atoms with E-state index < -0.39 is 0 Å². The Kier molecular flexibility index (Phi) is 4.57. The summed E-state index contributed by atoms with van der Waals surface area (Å²) in [7, 11) is 1.61. The number of H-pyrrole nitrogens is 1. The maximum Gasteiger partial charge on any atom is 0.262 e. The molecule has 0 bridgehead atoms. The third-order valence-electron chi connectivity index (χ3n) is 4.40. The Morgan fingerprint density at radius 2 is 2.08 bits per heavy atom. The number of aromatic nitrogens is 1. The number of carbonyl (C=O) groups is 1. The first-order chi connectivity index (χ1) is 12.7. The molecule has 0 saturated heterocycles. The summed E-state index contributed by atoms with van der Waals surface area (Å²) in [5.41, 5.74) is 2.29. The molecule has 2 aromatic carbocycles. The molecular formula is C20H17ClN2O2S. The Morgan fingerprint density at radius 3 is 2.92 bits per heavy atom. The van der Waals surface area contributed by atoms with Crippen molar-refractivity contribution in [2.24, 2.45) is 0 Å². The fraction of sp³-hybridized carbons (Fsp3) is 0.150. The first-order valence-corrected chi connectivity index (χ1v) is 9.46. The Labute approximate surface area is 159 Å². The van der Waals surface area contributed by atoms with Crippen molar-refractivity contribution in [1.29, 1.82) is 0 Å². The number of hydrogen-bond acceptors (Lipinski definition) is 3. The normalized spacial score (nSPS) is 11.2. The van der Waals surface area contributed by atoms with Gasteiger partial charge in [0.2, 0.25) is 0 Å². The molecule has 0 atom stereocenters. The molecule has 1 amide bonds. The van der Waals surface area contributed by atoms with Crippen LogP contribution in [0.2, 0.25) is 5.02 Å². The molecule has 0 radical (unpaired) electrons. The quantitative estimate of drug-likeness (QED) is 0.507. The van der Waals surface area contributed by atoms with Crippen LogP contribution < -0.4 is 10.1 Å². The molecule has 4 nitrogen and oxygen atoms in total. The highest BCUT2D eigenvalue weighted by Crippen LogP contribution is 2.37. The number of rotatable bonds is 5. The Hall–Kier alpha value is -2.50. The van der Waals surface area contributed by atoms with Crippen molar-refractivity contribution in [1.82, 2.24) is 10.3 Å². The zero-order chi connectivity index (χ0) is 18.1. The molecule has 0 saturated carbocycles. The van der Waals surface area contributed by atoms with E-state index in [9.17, 15) is 4.79 Å². The summed E-state index contributed by atoms with van der Waals surface area (Å²) < 4.78 is 6.20. The van der Waals surface area contributed by atoms with Crippen LogP contribution in [0.5, 0.6) is 5.75 Å². The van der Waals surface area contributed by atoms with Gasteiger partial charge in [-0.2, -0.15) is 0 Å². The maximum atomic E-state index is 12.6. The zero-order valence-electron chi connectivity index (χ0n) is 14.1. The average Bonchev–Trinajstić information content (AvgIpc) is 3.23. The summed E-state index contributed by atoms with van der Waals surface area (Å²) in [6.45, 7) is 0.550. The monoisotopic (exact) mass is 384 g/mol. The number of halogens is 1. The molecule has 4 rings (SSSR count). The lowest BCUT2D eigenvalue weighted by Crippen LogP contribution is -2.25. The van der Waals surface area contributed by atoms with E-state index in [2.05, 4.69) is 16.4 Å². The number of carbonyl (C=O) groups excluding carboxylic acids is 1. The second kappa shape index (κ2) is 7.02. The van der Waals surface area contributed by atoms with Crippen LogP contribution in [0.25, 0.3) is 21.0 Å². The zero-order valence-corrected chi connectivity index (χ0v) is 15.7. The number of aromatic amines is 1. The number of benzene rings is 2. The molecule has 0 spiro atoms. The lowest BCUT2D eigenvalue weighted by molar-refractivity contribution is 0.0958. The summed E-state index contributed by atoms with van der Waals surface area (Å²) in [5.74, 6) is 0.582. The number of ether oxygens (including phenoxy) is 1. The number of thiophene rings is 1. The lowest BCUT2D eigenvalue weighted by atomic mass is 10.1. The van der Waals surface area contributed by atoms with Gasteiger partial charge in [0.25, 0.3) is 5.91 Å². The minimum absolute atomic E-state index is 0.144. The molecule has 0 aliphatic heterocycles. The van der Waals surface area contributed by atoms with E-state index in [1.54, 1.807) is 7.11 Å². The number of hydrogen-bond donors (Lipinski definition) is 2. The molecule has 0 unspecified atom stereocenters. The summed E-state index contributed by atoms with van der Waals surface area (Å²) >= 11 is 7.82. The molecule has 6 heteroatoms. The highest BCUT2D eigenvalue weighted by atomic mass is 35.5. The summed E-state index contributed by atoms with van der Waals surface area (Å²) in [6.07, 6.45) is 2.75. The van der Waals surface area contributed by atoms with Gasteiger partial charge in [0.15, 0.2) is 0 Å². The standard InChI is InChI=1S/C20H17ClN2O2S/c1-25-13-6-7-17-15(10-13)18(21)19(26-17)20(24)22-9-8-12-11-23-16-5-3-2-4-14(12)16/h2-7,10-11,23H,8-9H2,1H3,(H,22,24). The predicted molar refractivity (Wildman–Crippen MR) is 108 cm³/mol. The fourth-order valence-corrected chi connectivity index (χ4v) is 4.45. The van der Waals surface area contributed by atoms with Gasteiger partial charge >= 0.3 is 0 Å². The van der Waals surface area contributed by atoms with E-state index >= 15 is 0 Å². The summed E-state index contributed by atoms with van der Waals surface area (Å²) in [5, 5.41) is 5.49. The van der Waals surface area contributed by atoms with E-state index in [-0.39, 0.29) is 5.91 Å². The van der Waals surface area contributed by atoms with Gasteiger partial charge in [0.1, 0.15) is 10.6 Å². The minimum atomic E-state index is -0.144. The van der Waals surface area contributed by atoms with Crippen LogP contribution in [0.1, 0.15) is 15.2 Å². The molecule has 2 aromatic heterocycles. The van der Waals surface area contributed by atoms with Gasteiger partial charge in [-0.15, -0.1) is 11.3 Å². The van der Waals surface area contributed by atoms with Crippen LogP contribution in [-0.2, 0) is 6.42 Å². The van der Waals surface area contributed by atoms with Crippen LogP contribution in [0, 0.1) is 0 Å². The van der Waals surface area contributed by atoms with E-state index in [1.165, 1.54) is 22.3 Å². The molecule has 0 aliphatic rings. The third-order valence-corrected chi connectivity index (χ3v) is 6.07. The molecule has 2 heterocycles. The Morgan fingerprint density at radius 1 is 1.23 bits per heavy atom. The van der Waals surface area contributed by atoms with E-state index in [0.29, 0.717) is 16.4 Å². The van der Waals surface area contributed by atoms with Gasteiger partial charge in [0, 0.05) is 33.7 Å². The van der Waals surface area contributed by atoms with E-state index in [4.69, 9.17) is 16.3 Å². The van der Waals surface area contributed by atoms with Crippen molar-refractivity contribution < 1.29 is 9.53 Å². The van der Waals surface area contributed by atoms with Gasteiger partial charge in [-0.25, -0.2) is 0 Å². The predicted octanol–water partition coefficient (Wildman–Crippen LogP) is 5.02. The number of methoxy groups -OCH3 is 1. The van der Waals surface area contributed by atoms with Gasteiger partial charge < -0.3 is 15.0 Å². The second-order valence-corrected chi connectivity index (χ2v) is 7.40. The molecule has 132 valence electrons. The van der Waals surface area contributed by atoms with Gasteiger partial charge in [0.05, 0.1) is 12.1 Å². The largest absolute Gasteiger partial charge is 0.497 e. The maximum absolute atomic E-state index is 12.6. The van der Waals surface area contributed by atoms with Gasteiger partial charge in [-0.1, -0.05) is 29.8 Å². The Bertz CT molecular complexity index is 1100. The number of fused-ring (bicyclic) bond motifs is 2. The molecular weight excluding hydrogens is 368 g/mol. The van der Waals surface area contributed by atoms with E-state index in [1.807, 2.05) is 42.6 Å². The second-order valence-electron chi connectivity index (χ2n) is 5.97. The minimum Gasteiger partial charge on any atom is -0.497 e. The van der Waals surface area contributed by atoms with Crippen LogP contribution in [0.4, 0.5) is 0 Å². The average molecular weight is 385 g/mol. The SMILES string of the molecule is COc1ccc2sc(C(=O)NCCc3c[nH]c4ccccc34)c(Cl)c2c1. The van der Waals surface area contributed by atoms with Gasteiger partial charge in [-0.3, -0.25) is 4.79 Å². The van der Waals surface area contributed by atoms with Crippen LogP contribution in [-0.4, -0.2) is 24.5 Å². The van der Waals surface area contributed by atoms with Crippen molar-refractivity contribution in [2.75, 3.05) is 13.7 Å². The van der Waals surface area contributed by atoms with Crippen molar-refractivity contribution in [2.45, 2.75) is 6.42 Å². The van der Waals surface area contributed by atoms with Crippen molar-refractivity contribution in [3.63, 3.8) is 0 Å². The van der Waals surface area contributed by atoms with Crippen molar-refractivity contribution in [3.05, 3.63) is 64.1 Å². The van der Waals surface area contributed by atoms with Crippen molar-refractivity contribution in [3.8, 4) is 5.75 Å². The van der Waals surface area contributed by atoms with Crippen LogP contribution in [0.3, 0.4) is 0 Å². The first kappa shape index (κ1) is 16.9. The Balaban J connectivity index is 1.48. The molecule has 2 N–H and O–H groups in total. The first-order valence-electron chi connectivity index (χ1n) is 8.26. The third kappa shape index (κ3) is 3.04. The highest BCUT2D eigenvalue weighted by molar-refractivity contribution is 7.21. The van der Waals surface area contributed by atoms with Crippen molar-refractivity contribution >= 4 is 49.8 Å². The fourth-order valence-electron chi connectivity index (χ4n) is 3.05. The van der Waals surface area contributed by atoms with Crippen LogP contribution >= 0.6 is 22.9 Å². The van der Waals surface area contributed by atoms with Crippen LogP contribution in [0.15, 0.2) is 48.7 Å². The summed E-state index contributed by atoms with van der Waals surface area (Å²) in [4.78, 5) is 16.3. The summed E-state index contributed by atoms with van der Waals surface area (Å²) in [6, 6.07) is 13.8. The molecule has 0 fully saturated rings. The molecule has 4 aromatic rings. The molecule has 0 aliphatic carbocycles.